The van der Waals surface area contributed by atoms with Gasteiger partial charge in [0.15, 0.2) is 0 Å². The van der Waals surface area contributed by atoms with Gasteiger partial charge in [-0.2, -0.15) is 0 Å². The third-order valence-corrected chi connectivity index (χ3v) is 3.48. The standard InChI is InChI=1S/C15H19NO3/c1-14(2,19)10-16-12(17)9-15(3,13(16)18)11-7-5-4-6-8-11/h4-8,19H,9-10H2,1-3H3. The third-order valence-electron chi connectivity index (χ3n) is 3.48. The molecule has 4 nitrogen and oxygen atoms in total. The molecular weight excluding hydrogens is 242 g/mol. The van der Waals surface area contributed by atoms with Gasteiger partial charge in [0, 0.05) is 6.42 Å². The number of carbonyl (C=O) groups excluding carboxylic acids is 2. The molecule has 1 unspecified atom stereocenters. The van der Waals surface area contributed by atoms with Crippen molar-refractivity contribution in [2.24, 2.45) is 0 Å². The predicted molar refractivity (Wildman–Crippen MR) is 71.4 cm³/mol. The molecule has 4 heteroatoms. The predicted octanol–water partition coefficient (Wildman–Crippen LogP) is 1.47. The molecule has 2 amide bonds. The molecular formula is C15H19NO3. The first-order chi connectivity index (χ1) is 8.74. The number of amides is 2. The van der Waals surface area contributed by atoms with Gasteiger partial charge >= 0.3 is 0 Å². The third kappa shape index (κ3) is 2.54. The summed E-state index contributed by atoms with van der Waals surface area (Å²) in [4.78, 5) is 25.7. The maximum atomic E-state index is 12.5. The lowest BCUT2D eigenvalue weighted by Crippen LogP contribution is -2.44. The maximum Gasteiger partial charge on any atom is 0.240 e. The molecule has 1 N–H and O–H groups in total. The lowest BCUT2D eigenvalue weighted by atomic mass is 9.81. The topological polar surface area (TPSA) is 57.6 Å². The molecule has 1 aliphatic heterocycles. The van der Waals surface area contributed by atoms with Gasteiger partial charge in [0.1, 0.15) is 0 Å². The molecule has 1 heterocycles. The quantitative estimate of drug-likeness (QED) is 0.838. The Balaban J connectivity index is 2.32. The highest BCUT2D eigenvalue weighted by atomic mass is 16.3. The van der Waals surface area contributed by atoms with Crippen molar-refractivity contribution in [3.8, 4) is 0 Å². The fraction of sp³-hybridized carbons (Fsp3) is 0.467. The molecule has 102 valence electrons. The molecule has 0 saturated carbocycles. The molecule has 0 radical (unpaired) electrons. The molecule has 0 bridgehead atoms. The summed E-state index contributed by atoms with van der Waals surface area (Å²) in [5, 5.41) is 9.81. The SMILES string of the molecule is CC(C)(O)CN1C(=O)CC(C)(c2ccccc2)C1=O. The normalized spacial score (nSPS) is 24.1. The second-order valence-electron chi connectivity index (χ2n) is 5.97. The van der Waals surface area contributed by atoms with Gasteiger partial charge in [-0.3, -0.25) is 14.5 Å². The van der Waals surface area contributed by atoms with E-state index in [0.717, 1.165) is 5.56 Å². The van der Waals surface area contributed by atoms with Gasteiger partial charge in [-0.05, 0) is 26.3 Å². The van der Waals surface area contributed by atoms with Crippen LogP contribution in [0.4, 0.5) is 0 Å². The van der Waals surface area contributed by atoms with Crippen molar-refractivity contribution >= 4 is 11.8 Å². The molecule has 2 rings (SSSR count). The molecule has 1 aliphatic rings. The van der Waals surface area contributed by atoms with Crippen LogP contribution in [0, 0.1) is 0 Å². The second kappa shape index (κ2) is 4.46. The van der Waals surface area contributed by atoms with E-state index in [1.807, 2.05) is 30.3 Å². The van der Waals surface area contributed by atoms with E-state index in [0.29, 0.717) is 0 Å². The average Bonchev–Trinajstić information content (AvgIpc) is 2.54. The zero-order valence-electron chi connectivity index (χ0n) is 11.5. The van der Waals surface area contributed by atoms with Gasteiger partial charge in [-0.25, -0.2) is 0 Å². The van der Waals surface area contributed by atoms with Crippen LogP contribution in [0.25, 0.3) is 0 Å². The molecule has 0 aromatic heterocycles. The van der Waals surface area contributed by atoms with Gasteiger partial charge in [0.2, 0.25) is 11.8 Å². The Morgan fingerprint density at radius 3 is 2.37 bits per heavy atom. The minimum atomic E-state index is -1.08. The van der Waals surface area contributed by atoms with E-state index in [-0.39, 0.29) is 24.8 Å². The Hall–Kier alpha value is -1.68. The Morgan fingerprint density at radius 2 is 1.84 bits per heavy atom. The molecule has 1 aromatic carbocycles. The van der Waals surface area contributed by atoms with Crippen molar-refractivity contribution in [3.63, 3.8) is 0 Å². The fourth-order valence-corrected chi connectivity index (χ4v) is 2.46. The summed E-state index contributed by atoms with van der Waals surface area (Å²) in [6, 6.07) is 9.31. The van der Waals surface area contributed by atoms with Crippen molar-refractivity contribution in [3.05, 3.63) is 35.9 Å². The van der Waals surface area contributed by atoms with Crippen molar-refractivity contribution in [1.29, 1.82) is 0 Å². The van der Waals surface area contributed by atoms with Crippen molar-refractivity contribution in [1.82, 2.24) is 4.90 Å². The number of likely N-dealkylation sites (tertiary alicyclic amines) is 1. The van der Waals surface area contributed by atoms with Crippen molar-refractivity contribution < 1.29 is 14.7 Å². The lowest BCUT2D eigenvalue weighted by Gasteiger charge is -2.26. The summed E-state index contributed by atoms with van der Waals surface area (Å²) in [5.41, 5.74) is -1.05. The van der Waals surface area contributed by atoms with Crippen molar-refractivity contribution in [2.45, 2.75) is 38.2 Å². The number of nitrogens with zero attached hydrogens (tertiary/aromatic N) is 1. The van der Waals surface area contributed by atoms with Gasteiger partial charge in [-0.1, -0.05) is 30.3 Å². The number of aliphatic hydroxyl groups is 1. The minimum absolute atomic E-state index is 0.0348. The number of β-amino-alcohol motifs (C(OH)–C–C–N with tert-alkyl or cyclic N) is 1. The molecule has 1 fully saturated rings. The summed E-state index contributed by atoms with van der Waals surface area (Å²) in [5.74, 6) is -0.454. The van der Waals surface area contributed by atoms with Gasteiger partial charge in [0.25, 0.3) is 0 Å². The van der Waals surface area contributed by atoms with E-state index in [4.69, 9.17) is 0 Å². The first-order valence-electron chi connectivity index (χ1n) is 6.37. The Bertz CT molecular complexity index is 504. The summed E-state index contributed by atoms with van der Waals surface area (Å²) < 4.78 is 0. The van der Waals surface area contributed by atoms with E-state index in [1.165, 1.54) is 4.90 Å². The first kappa shape index (κ1) is 13.7. The summed E-state index contributed by atoms with van der Waals surface area (Å²) in [6.07, 6.45) is 0.159. The number of hydrogen-bond donors (Lipinski definition) is 1. The molecule has 1 atom stereocenters. The highest BCUT2D eigenvalue weighted by Crippen LogP contribution is 2.36. The van der Waals surface area contributed by atoms with Gasteiger partial charge < -0.3 is 5.11 Å². The van der Waals surface area contributed by atoms with Crippen LogP contribution < -0.4 is 0 Å². The van der Waals surface area contributed by atoms with Crippen LogP contribution in [0.1, 0.15) is 32.8 Å². The van der Waals surface area contributed by atoms with Crippen LogP contribution >= 0.6 is 0 Å². The van der Waals surface area contributed by atoms with Crippen LogP contribution in [0.2, 0.25) is 0 Å². The Kier molecular flexibility index (Phi) is 3.22. The van der Waals surface area contributed by atoms with E-state index in [9.17, 15) is 14.7 Å². The Morgan fingerprint density at radius 1 is 1.26 bits per heavy atom. The molecule has 19 heavy (non-hydrogen) atoms. The average molecular weight is 261 g/mol. The summed E-state index contributed by atoms with van der Waals surface area (Å²) in [7, 11) is 0. The first-order valence-corrected chi connectivity index (χ1v) is 6.37. The number of hydrogen-bond acceptors (Lipinski definition) is 3. The van der Waals surface area contributed by atoms with E-state index in [2.05, 4.69) is 0 Å². The summed E-state index contributed by atoms with van der Waals surface area (Å²) >= 11 is 0. The van der Waals surface area contributed by atoms with Crippen LogP contribution in [0.5, 0.6) is 0 Å². The van der Waals surface area contributed by atoms with E-state index < -0.39 is 11.0 Å². The van der Waals surface area contributed by atoms with Gasteiger partial charge in [-0.15, -0.1) is 0 Å². The van der Waals surface area contributed by atoms with Crippen LogP contribution in [0.15, 0.2) is 30.3 Å². The molecule has 0 spiro atoms. The lowest BCUT2D eigenvalue weighted by molar-refractivity contribution is -0.143. The minimum Gasteiger partial charge on any atom is -0.389 e. The number of rotatable bonds is 3. The molecule has 1 saturated heterocycles. The smallest absolute Gasteiger partial charge is 0.240 e. The van der Waals surface area contributed by atoms with Crippen LogP contribution in [-0.2, 0) is 15.0 Å². The largest absolute Gasteiger partial charge is 0.389 e. The number of imide groups is 1. The molecule has 0 aliphatic carbocycles. The second-order valence-corrected chi connectivity index (χ2v) is 5.97. The number of carbonyl (C=O) groups is 2. The zero-order chi connectivity index (χ0) is 14.3. The van der Waals surface area contributed by atoms with E-state index >= 15 is 0 Å². The summed E-state index contributed by atoms with van der Waals surface area (Å²) in [6.45, 7) is 5.00. The van der Waals surface area contributed by atoms with Crippen molar-refractivity contribution in [2.75, 3.05) is 6.54 Å². The Labute approximate surface area is 113 Å². The van der Waals surface area contributed by atoms with Gasteiger partial charge in [0.05, 0.1) is 17.6 Å². The monoisotopic (exact) mass is 261 g/mol. The van der Waals surface area contributed by atoms with E-state index in [1.54, 1.807) is 20.8 Å². The zero-order valence-corrected chi connectivity index (χ0v) is 11.5. The number of benzene rings is 1. The van der Waals surface area contributed by atoms with Crippen LogP contribution in [-0.4, -0.2) is 34.0 Å². The maximum absolute atomic E-state index is 12.5. The molecule has 1 aromatic rings. The fourth-order valence-electron chi connectivity index (χ4n) is 2.46. The van der Waals surface area contributed by atoms with Crippen LogP contribution in [0.3, 0.4) is 0 Å². The highest BCUT2D eigenvalue weighted by Gasteiger charge is 2.50. The highest BCUT2D eigenvalue weighted by molar-refractivity contribution is 6.08.